The maximum absolute atomic E-state index is 11.8. The molecule has 0 aromatic heterocycles. The topological polar surface area (TPSA) is 109 Å². The number of hydrogen-bond acceptors (Lipinski definition) is 8. The van der Waals surface area contributed by atoms with Gasteiger partial charge in [-0.1, -0.05) is 34.7 Å². The van der Waals surface area contributed by atoms with Crippen LogP contribution in [0.4, 0.5) is 11.4 Å². The SMILES string of the molecule is COC(=O)c1ccccc1N=NN(C)CCN(C)N=Nc1ccccc1C(=O)OC. The minimum atomic E-state index is -0.473. The molecule has 2 rings (SSSR count). The molecule has 0 atom stereocenters. The normalized spacial score (nSPS) is 10.9. The lowest BCUT2D eigenvalue weighted by Crippen LogP contribution is -2.24. The van der Waals surface area contributed by atoms with E-state index in [1.165, 1.54) is 14.2 Å². The highest BCUT2D eigenvalue weighted by molar-refractivity contribution is 5.95. The maximum Gasteiger partial charge on any atom is 0.340 e. The predicted octanol–water partition coefficient (Wildman–Crippen LogP) is 3.82. The third kappa shape index (κ3) is 6.36. The minimum absolute atomic E-state index is 0.340. The van der Waals surface area contributed by atoms with Crippen molar-refractivity contribution in [3.8, 4) is 0 Å². The highest BCUT2D eigenvalue weighted by Gasteiger charge is 2.11. The van der Waals surface area contributed by atoms with E-state index in [-0.39, 0.29) is 0 Å². The first kappa shape index (κ1) is 22.5. The van der Waals surface area contributed by atoms with Crippen molar-refractivity contribution in [3.63, 3.8) is 0 Å². The fourth-order valence-corrected chi connectivity index (χ4v) is 2.31. The fourth-order valence-electron chi connectivity index (χ4n) is 2.31. The molecule has 0 N–H and O–H groups in total. The lowest BCUT2D eigenvalue weighted by molar-refractivity contribution is 0.0592. The van der Waals surface area contributed by atoms with Crippen molar-refractivity contribution in [2.75, 3.05) is 41.4 Å². The zero-order valence-corrected chi connectivity index (χ0v) is 17.3. The van der Waals surface area contributed by atoms with Gasteiger partial charge in [-0.3, -0.25) is 10.0 Å². The fraction of sp³-hybridized carbons (Fsp3) is 0.300. The Morgan fingerprint density at radius 1 is 0.733 bits per heavy atom. The Bertz CT molecular complexity index is 856. The number of benzene rings is 2. The Balaban J connectivity index is 1.94. The molecule has 0 aliphatic heterocycles. The summed E-state index contributed by atoms with van der Waals surface area (Å²) < 4.78 is 9.49. The maximum atomic E-state index is 11.8. The van der Waals surface area contributed by atoms with Crippen molar-refractivity contribution in [1.82, 2.24) is 10.0 Å². The predicted molar refractivity (Wildman–Crippen MR) is 110 cm³/mol. The first-order valence-corrected chi connectivity index (χ1v) is 9.06. The van der Waals surface area contributed by atoms with Crippen LogP contribution in [0.2, 0.25) is 0 Å². The summed E-state index contributed by atoms with van der Waals surface area (Å²) in [6.45, 7) is 0.996. The van der Waals surface area contributed by atoms with Crippen molar-refractivity contribution >= 4 is 23.3 Å². The van der Waals surface area contributed by atoms with E-state index in [2.05, 4.69) is 20.7 Å². The van der Waals surface area contributed by atoms with Crippen molar-refractivity contribution < 1.29 is 19.1 Å². The third-order valence-corrected chi connectivity index (χ3v) is 3.98. The summed E-state index contributed by atoms with van der Waals surface area (Å²) in [5.74, 6) is -0.945. The molecule has 0 aliphatic carbocycles. The van der Waals surface area contributed by atoms with Crippen LogP contribution in [0, 0.1) is 0 Å². The summed E-state index contributed by atoms with van der Waals surface area (Å²) in [7, 11) is 6.14. The van der Waals surface area contributed by atoms with E-state index in [1.807, 2.05) is 0 Å². The summed E-state index contributed by atoms with van der Waals surface area (Å²) in [4.78, 5) is 23.5. The molecular formula is C20H24N6O4. The molecule has 0 heterocycles. The molecule has 0 unspecified atom stereocenters. The van der Waals surface area contributed by atoms with Gasteiger partial charge in [-0.05, 0) is 24.3 Å². The van der Waals surface area contributed by atoms with E-state index in [9.17, 15) is 9.59 Å². The van der Waals surface area contributed by atoms with Gasteiger partial charge in [0.2, 0.25) is 0 Å². The number of ether oxygens (including phenoxy) is 2. The lowest BCUT2D eigenvalue weighted by atomic mass is 10.2. The first-order chi connectivity index (χ1) is 14.5. The quantitative estimate of drug-likeness (QED) is 0.352. The van der Waals surface area contributed by atoms with Crippen molar-refractivity contribution in [1.29, 1.82) is 0 Å². The molecule has 0 saturated heterocycles. The summed E-state index contributed by atoms with van der Waals surface area (Å²) in [5.41, 5.74) is 1.52. The van der Waals surface area contributed by atoms with Gasteiger partial charge >= 0.3 is 11.9 Å². The van der Waals surface area contributed by atoms with Crippen LogP contribution in [-0.2, 0) is 9.47 Å². The van der Waals surface area contributed by atoms with Gasteiger partial charge in [0, 0.05) is 14.1 Å². The van der Waals surface area contributed by atoms with Crippen LogP contribution < -0.4 is 0 Å². The van der Waals surface area contributed by atoms with E-state index in [4.69, 9.17) is 9.47 Å². The van der Waals surface area contributed by atoms with E-state index >= 15 is 0 Å². The largest absolute Gasteiger partial charge is 0.465 e. The van der Waals surface area contributed by atoms with Crippen molar-refractivity contribution in [2.45, 2.75) is 0 Å². The number of likely N-dealkylation sites (N-methyl/N-ethyl adjacent to an activating group) is 2. The molecule has 2 aromatic carbocycles. The van der Waals surface area contributed by atoms with Crippen LogP contribution in [0.15, 0.2) is 69.2 Å². The number of rotatable bonds is 9. The zero-order chi connectivity index (χ0) is 21.9. The Hall–Kier alpha value is -3.82. The molecule has 158 valence electrons. The Morgan fingerprint density at radius 2 is 1.10 bits per heavy atom. The molecule has 10 heteroatoms. The van der Waals surface area contributed by atoms with Gasteiger partial charge in [-0.25, -0.2) is 9.59 Å². The summed E-state index contributed by atoms with van der Waals surface area (Å²) in [5, 5.41) is 19.7. The standard InChI is InChI=1S/C20H24N6O4/c1-25(23-21-17-11-7-5-9-15(17)19(27)29-3)13-14-26(2)24-22-18-12-8-6-10-16(18)20(28)30-4/h5-12H,13-14H2,1-4H3. The first-order valence-electron chi connectivity index (χ1n) is 9.06. The van der Waals surface area contributed by atoms with E-state index < -0.39 is 11.9 Å². The number of esters is 2. The monoisotopic (exact) mass is 412 g/mol. The average Bonchev–Trinajstić information content (AvgIpc) is 2.79. The number of methoxy groups -OCH3 is 2. The average molecular weight is 412 g/mol. The highest BCUT2D eigenvalue weighted by Crippen LogP contribution is 2.21. The molecule has 10 nitrogen and oxygen atoms in total. The van der Waals surface area contributed by atoms with Crippen LogP contribution in [-0.4, -0.2) is 63.4 Å². The van der Waals surface area contributed by atoms with Crippen LogP contribution in [0.25, 0.3) is 0 Å². The Labute approximate surface area is 174 Å². The molecular weight excluding hydrogens is 388 g/mol. The molecule has 0 aliphatic rings. The van der Waals surface area contributed by atoms with Gasteiger partial charge in [0.25, 0.3) is 0 Å². The van der Waals surface area contributed by atoms with Crippen LogP contribution in [0.3, 0.4) is 0 Å². The zero-order valence-electron chi connectivity index (χ0n) is 17.3. The minimum Gasteiger partial charge on any atom is -0.465 e. The molecule has 0 bridgehead atoms. The van der Waals surface area contributed by atoms with Gasteiger partial charge in [0.15, 0.2) is 0 Å². The molecule has 2 aromatic rings. The molecule has 30 heavy (non-hydrogen) atoms. The van der Waals surface area contributed by atoms with Crippen molar-refractivity contribution in [3.05, 3.63) is 59.7 Å². The summed E-state index contributed by atoms with van der Waals surface area (Å²) in [6.07, 6.45) is 0. The van der Waals surface area contributed by atoms with Gasteiger partial charge in [0.05, 0.1) is 38.4 Å². The second kappa shape index (κ2) is 11.2. The summed E-state index contributed by atoms with van der Waals surface area (Å²) in [6, 6.07) is 13.6. The number of nitrogens with zero attached hydrogens (tertiary/aromatic N) is 6. The molecule has 0 saturated carbocycles. The van der Waals surface area contributed by atoms with Crippen LogP contribution in [0.1, 0.15) is 20.7 Å². The van der Waals surface area contributed by atoms with Crippen LogP contribution >= 0.6 is 0 Å². The second-order valence-electron chi connectivity index (χ2n) is 6.16. The van der Waals surface area contributed by atoms with E-state index in [0.29, 0.717) is 35.6 Å². The molecule has 0 radical (unpaired) electrons. The van der Waals surface area contributed by atoms with Crippen molar-refractivity contribution in [2.24, 2.45) is 20.7 Å². The van der Waals surface area contributed by atoms with Gasteiger partial charge in [-0.2, -0.15) is 0 Å². The second-order valence-corrected chi connectivity index (χ2v) is 6.16. The third-order valence-electron chi connectivity index (χ3n) is 3.98. The smallest absolute Gasteiger partial charge is 0.340 e. The van der Waals surface area contributed by atoms with Gasteiger partial charge < -0.3 is 9.47 Å². The summed E-state index contributed by atoms with van der Waals surface area (Å²) >= 11 is 0. The Morgan fingerprint density at radius 3 is 1.47 bits per heavy atom. The number of hydrogen-bond donors (Lipinski definition) is 0. The van der Waals surface area contributed by atoms with E-state index in [1.54, 1.807) is 72.6 Å². The number of carbonyl (C=O) groups is 2. The van der Waals surface area contributed by atoms with Gasteiger partial charge in [-0.15, -0.1) is 10.2 Å². The molecule has 0 fully saturated rings. The van der Waals surface area contributed by atoms with Gasteiger partial charge in [0.1, 0.15) is 11.4 Å². The van der Waals surface area contributed by atoms with E-state index in [0.717, 1.165) is 0 Å². The molecule has 0 amide bonds. The lowest BCUT2D eigenvalue weighted by Gasteiger charge is -2.16. The van der Waals surface area contributed by atoms with Crippen LogP contribution in [0.5, 0.6) is 0 Å². The Kier molecular flexibility index (Phi) is 8.42. The highest BCUT2D eigenvalue weighted by atomic mass is 16.5. The molecule has 0 spiro atoms. The number of carbonyl (C=O) groups excluding carboxylic acids is 2.